The summed E-state index contributed by atoms with van der Waals surface area (Å²) < 4.78 is 6.05. The lowest BCUT2D eigenvalue weighted by atomic mass is 10.0. The highest BCUT2D eigenvalue weighted by Crippen LogP contribution is 2.28. The van der Waals surface area contributed by atoms with Crippen LogP contribution in [-0.4, -0.2) is 16.1 Å². The quantitative estimate of drug-likeness (QED) is 0.226. The summed E-state index contributed by atoms with van der Waals surface area (Å²) in [6.07, 6.45) is 3.04. The molecule has 0 amide bonds. The van der Waals surface area contributed by atoms with E-state index in [1.165, 1.54) is 18.3 Å². The summed E-state index contributed by atoms with van der Waals surface area (Å²) in [5.74, 6) is 0.697. The van der Waals surface area contributed by atoms with Crippen LogP contribution >= 0.6 is 11.6 Å². The van der Waals surface area contributed by atoms with Crippen LogP contribution < -0.4 is 10.2 Å². The van der Waals surface area contributed by atoms with E-state index in [9.17, 15) is 10.1 Å². The zero-order valence-electron chi connectivity index (χ0n) is 16.2. The summed E-state index contributed by atoms with van der Waals surface area (Å²) in [6.45, 7) is 0.357. The van der Waals surface area contributed by atoms with Crippen molar-refractivity contribution in [2.24, 2.45) is 5.10 Å². The van der Waals surface area contributed by atoms with E-state index in [4.69, 9.17) is 16.3 Å². The Morgan fingerprint density at radius 3 is 2.68 bits per heavy atom. The summed E-state index contributed by atoms with van der Waals surface area (Å²) in [5.41, 5.74) is 4.23. The third-order valence-corrected chi connectivity index (χ3v) is 4.84. The van der Waals surface area contributed by atoms with Crippen molar-refractivity contribution in [2.45, 2.75) is 6.61 Å². The summed E-state index contributed by atoms with van der Waals surface area (Å²) in [6, 6.07) is 22.0. The molecule has 0 bridgehead atoms. The van der Waals surface area contributed by atoms with Crippen LogP contribution in [0.3, 0.4) is 0 Å². The van der Waals surface area contributed by atoms with Gasteiger partial charge in [0.1, 0.15) is 12.4 Å². The first-order valence-electron chi connectivity index (χ1n) is 9.39. The molecule has 0 spiro atoms. The Balaban J connectivity index is 1.63. The molecule has 4 aromatic rings. The highest BCUT2D eigenvalue weighted by molar-refractivity contribution is 6.30. The molecule has 7 nitrogen and oxygen atoms in total. The van der Waals surface area contributed by atoms with Gasteiger partial charge in [-0.15, -0.1) is 0 Å². The third kappa shape index (κ3) is 4.79. The second-order valence-electron chi connectivity index (χ2n) is 6.61. The van der Waals surface area contributed by atoms with Gasteiger partial charge in [-0.3, -0.25) is 15.5 Å². The highest BCUT2D eigenvalue weighted by atomic mass is 35.5. The molecule has 0 saturated carbocycles. The number of nitro groups is 1. The van der Waals surface area contributed by atoms with E-state index < -0.39 is 4.92 Å². The van der Waals surface area contributed by atoms with Crippen LogP contribution in [0.4, 0.5) is 11.5 Å². The number of hydrazone groups is 1. The average molecular weight is 433 g/mol. The Hall–Kier alpha value is -3.97. The number of ether oxygens (including phenoxy) is 1. The molecule has 4 rings (SSSR count). The van der Waals surface area contributed by atoms with Gasteiger partial charge in [0.25, 0.3) is 0 Å². The van der Waals surface area contributed by atoms with Crippen molar-refractivity contribution in [2.75, 3.05) is 5.43 Å². The summed E-state index contributed by atoms with van der Waals surface area (Å²) >= 11 is 5.95. The van der Waals surface area contributed by atoms with E-state index in [1.54, 1.807) is 6.21 Å². The Bertz CT molecular complexity index is 1260. The second kappa shape index (κ2) is 9.23. The van der Waals surface area contributed by atoms with Crippen molar-refractivity contribution < 1.29 is 9.66 Å². The van der Waals surface area contributed by atoms with Crippen LogP contribution in [0.1, 0.15) is 11.1 Å². The van der Waals surface area contributed by atoms with Crippen molar-refractivity contribution in [3.8, 4) is 5.75 Å². The van der Waals surface area contributed by atoms with Gasteiger partial charge in [-0.1, -0.05) is 54.1 Å². The fourth-order valence-corrected chi connectivity index (χ4v) is 3.19. The Morgan fingerprint density at radius 2 is 1.87 bits per heavy atom. The van der Waals surface area contributed by atoms with E-state index in [0.717, 1.165) is 21.9 Å². The van der Waals surface area contributed by atoms with Gasteiger partial charge in [0.05, 0.1) is 11.1 Å². The van der Waals surface area contributed by atoms with Gasteiger partial charge >= 0.3 is 5.69 Å². The minimum absolute atomic E-state index is 0.0626. The SMILES string of the molecule is O=[N+]([O-])c1cccnc1N/N=C\c1c(OCc2ccc(Cl)cc2)ccc2ccccc12. The number of hydrogen-bond donors (Lipinski definition) is 1. The first-order valence-corrected chi connectivity index (χ1v) is 9.77. The average Bonchev–Trinajstić information content (AvgIpc) is 2.79. The molecule has 0 unspecified atom stereocenters. The largest absolute Gasteiger partial charge is 0.488 e. The fraction of sp³-hybridized carbons (Fsp3) is 0.0435. The molecule has 154 valence electrons. The normalized spacial score (nSPS) is 11.0. The molecule has 8 heteroatoms. The van der Waals surface area contributed by atoms with Crippen LogP contribution in [0.2, 0.25) is 5.02 Å². The van der Waals surface area contributed by atoms with Crippen molar-refractivity contribution in [3.05, 3.63) is 105 Å². The molecule has 0 atom stereocenters. The van der Waals surface area contributed by atoms with Gasteiger partial charge in [0.2, 0.25) is 5.82 Å². The number of aromatic nitrogens is 1. The Morgan fingerprint density at radius 1 is 1.06 bits per heavy atom. The minimum atomic E-state index is -0.510. The minimum Gasteiger partial charge on any atom is -0.488 e. The monoisotopic (exact) mass is 432 g/mol. The zero-order valence-corrected chi connectivity index (χ0v) is 17.0. The number of nitrogens with zero attached hydrogens (tertiary/aromatic N) is 3. The summed E-state index contributed by atoms with van der Waals surface area (Å²) in [4.78, 5) is 14.7. The molecule has 0 radical (unpaired) electrons. The number of nitrogens with one attached hydrogen (secondary N) is 1. The lowest BCUT2D eigenvalue weighted by molar-refractivity contribution is -0.384. The fourth-order valence-electron chi connectivity index (χ4n) is 3.06. The van der Waals surface area contributed by atoms with Crippen molar-refractivity contribution in [1.29, 1.82) is 0 Å². The number of hydrogen-bond acceptors (Lipinski definition) is 6. The smallest absolute Gasteiger partial charge is 0.313 e. The summed E-state index contributed by atoms with van der Waals surface area (Å²) in [5, 5.41) is 18.0. The molecule has 0 saturated heterocycles. The molecule has 0 aliphatic heterocycles. The van der Waals surface area contributed by atoms with Gasteiger partial charge in [-0.05, 0) is 40.6 Å². The molecule has 31 heavy (non-hydrogen) atoms. The Kier molecular flexibility index (Phi) is 6.05. The molecule has 0 aliphatic carbocycles. The maximum absolute atomic E-state index is 11.2. The summed E-state index contributed by atoms with van der Waals surface area (Å²) in [7, 11) is 0. The van der Waals surface area contributed by atoms with E-state index in [2.05, 4.69) is 15.5 Å². The van der Waals surface area contributed by atoms with Crippen molar-refractivity contribution in [1.82, 2.24) is 4.98 Å². The van der Waals surface area contributed by atoms with Gasteiger partial charge < -0.3 is 4.74 Å². The van der Waals surface area contributed by atoms with Crippen molar-refractivity contribution in [3.63, 3.8) is 0 Å². The molecule has 3 aromatic carbocycles. The second-order valence-corrected chi connectivity index (χ2v) is 7.05. The lowest BCUT2D eigenvalue weighted by Crippen LogP contribution is -2.01. The van der Waals surface area contributed by atoms with Gasteiger partial charge in [0.15, 0.2) is 0 Å². The maximum Gasteiger partial charge on any atom is 0.313 e. The predicted molar refractivity (Wildman–Crippen MR) is 122 cm³/mol. The number of pyridine rings is 1. The molecule has 1 N–H and O–H groups in total. The number of anilines is 1. The zero-order chi connectivity index (χ0) is 21.6. The van der Waals surface area contributed by atoms with Gasteiger partial charge in [0, 0.05) is 22.8 Å². The van der Waals surface area contributed by atoms with Crippen LogP contribution in [0.25, 0.3) is 10.8 Å². The first-order chi connectivity index (χ1) is 15.1. The molecule has 1 aromatic heterocycles. The van der Waals surface area contributed by atoms with Crippen LogP contribution in [0, 0.1) is 10.1 Å². The number of rotatable bonds is 7. The predicted octanol–water partition coefficient (Wildman–Crippen LogP) is 5.82. The van der Waals surface area contributed by atoms with E-state index in [1.807, 2.05) is 60.7 Å². The van der Waals surface area contributed by atoms with Crippen molar-refractivity contribution >= 4 is 40.1 Å². The lowest BCUT2D eigenvalue weighted by Gasteiger charge is -2.12. The standard InChI is InChI=1S/C23H17ClN4O3/c24-18-10-7-16(8-11-18)15-31-22-12-9-17-4-1-2-5-19(17)20(22)14-26-27-23-21(28(29)30)6-3-13-25-23/h1-14H,15H2,(H,25,27)/b26-14-. The maximum atomic E-state index is 11.2. The van der Waals surface area contributed by atoms with Gasteiger partial charge in [-0.25, -0.2) is 4.98 Å². The first kappa shape index (κ1) is 20.3. The Labute approximate surface area is 183 Å². The van der Waals surface area contributed by atoms with Gasteiger partial charge in [-0.2, -0.15) is 5.10 Å². The topological polar surface area (TPSA) is 89.7 Å². The molecule has 0 aliphatic rings. The third-order valence-electron chi connectivity index (χ3n) is 4.59. The van der Waals surface area contributed by atoms with Crippen LogP contribution in [0.5, 0.6) is 5.75 Å². The molecular weight excluding hydrogens is 416 g/mol. The van der Waals surface area contributed by atoms with Crippen LogP contribution in [-0.2, 0) is 6.61 Å². The number of fused-ring (bicyclic) bond motifs is 1. The van der Waals surface area contributed by atoms with E-state index in [-0.39, 0.29) is 11.5 Å². The highest BCUT2D eigenvalue weighted by Gasteiger charge is 2.13. The molecule has 1 heterocycles. The molecular formula is C23H17ClN4O3. The van der Waals surface area contributed by atoms with E-state index in [0.29, 0.717) is 17.4 Å². The molecule has 0 fully saturated rings. The number of halogens is 1. The van der Waals surface area contributed by atoms with Crippen LogP contribution in [0.15, 0.2) is 84.1 Å². The number of benzene rings is 3. The van der Waals surface area contributed by atoms with E-state index >= 15 is 0 Å².